The van der Waals surface area contributed by atoms with E-state index in [2.05, 4.69) is 10.5 Å². The van der Waals surface area contributed by atoms with Gasteiger partial charge in [-0.05, 0) is 65.4 Å². The van der Waals surface area contributed by atoms with Crippen molar-refractivity contribution in [2.75, 3.05) is 11.4 Å². The number of anilines is 1. The Bertz CT molecular complexity index is 1040. The zero-order valence-electron chi connectivity index (χ0n) is 17.5. The van der Waals surface area contributed by atoms with Crippen molar-refractivity contribution in [2.45, 2.75) is 51.0 Å². The average Bonchev–Trinajstić information content (AvgIpc) is 3.58. The monoisotopic (exact) mass is 497 g/mol. The van der Waals surface area contributed by atoms with Gasteiger partial charge in [0.2, 0.25) is 12.1 Å². The molecule has 170 valence electrons. The van der Waals surface area contributed by atoms with Gasteiger partial charge in [-0.2, -0.15) is 0 Å². The van der Waals surface area contributed by atoms with Gasteiger partial charge < -0.3 is 10.2 Å². The van der Waals surface area contributed by atoms with E-state index in [9.17, 15) is 9.70 Å². The fourth-order valence-corrected chi connectivity index (χ4v) is 4.84. The van der Waals surface area contributed by atoms with Gasteiger partial charge >= 0.3 is 0 Å². The van der Waals surface area contributed by atoms with Gasteiger partial charge in [-0.1, -0.05) is 47.8 Å². The van der Waals surface area contributed by atoms with Crippen LogP contribution in [0.15, 0.2) is 35.5 Å². The third-order valence-electron chi connectivity index (χ3n) is 6.29. The standard InChI is InChI=1S/C23H23Cl3FN3O2/c1-2-13-9-17(6-5-15(13)12-28-21(31)14-3-4-14)30-8-7-23(27,22(30)29-32)16-10-18(24)20(26)19(25)11-16/h5-6,9-11,14,22H,2-4,7-8,12H2,1H3,(H,28,31)/t22-,23+/m1/s1. The Morgan fingerprint density at radius 1 is 1.19 bits per heavy atom. The number of hydrogen-bond acceptors (Lipinski definition) is 4. The summed E-state index contributed by atoms with van der Waals surface area (Å²) in [6.07, 6.45) is 1.42. The maximum atomic E-state index is 16.1. The molecule has 5 nitrogen and oxygen atoms in total. The minimum atomic E-state index is -2.05. The zero-order chi connectivity index (χ0) is 23.0. The highest BCUT2D eigenvalue weighted by atomic mass is 35.5. The number of aryl methyl sites for hydroxylation is 1. The molecule has 1 aliphatic heterocycles. The molecule has 0 aromatic heterocycles. The number of carbonyl (C=O) groups excluding carboxylic acids is 1. The largest absolute Gasteiger partial charge is 0.352 e. The Morgan fingerprint density at radius 3 is 2.47 bits per heavy atom. The van der Waals surface area contributed by atoms with Crippen molar-refractivity contribution in [1.29, 1.82) is 0 Å². The number of halogens is 4. The van der Waals surface area contributed by atoms with Gasteiger partial charge in [0.25, 0.3) is 0 Å². The first-order chi connectivity index (χ1) is 15.3. The van der Waals surface area contributed by atoms with Crippen molar-refractivity contribution in [1.82, 2.24) is 5.32 Å². The van der Waals surface area contributed by atoms with Gasteiger partial charge in [0.05, 0.1) is 15.1 Å². The molecule has 0 radical (unpaired) electrons. The molecule has 1 aliphatic carbocycles. The van der Waals surface area contributed by atoms with Gasteiger partial charge in [-0.3, -0.25) is 4.79 Å². The lowest BCUT2D eigenvalue weighted by Gasteiger charge is -2.29. The maximum absolute atomic E-state index is 16.1. The summed E-state index contributed by atoms with van der Waals surface area (Å²) >= 11 is 18.2. The molecule has 2 atom stereocenters. The number of hydrogen-bond donors (Lipinski definition) is 1. The number of alkyl halides is 1. The van der Waals surface area contributed by atoms with E-state index in [0.717, 1.165) is 30.4 Å². The quantitative estimate of drug-likeness (QED) is 0.355. The first-order valence-corrected chi connectivity index (χ1v) is 11.7. The van der Waals surface area contributed by atoms with Crippen LogP contribution >= 0.6 is 34.8 Å². The highest BCUT2D eigenvalue weighted by Gasteiger charge is 2.51. The summed E-state index contributed by atoms with van der Waals surface area (Å²) in [5.74, 6) is 0.235. The third-order valence-corrected chi connectivity index (χ3v) is 7.49. The first kappa shape index (κ1) is 23.3. The van der Waals surface area contributed by atoms with Crippen molar-refractivity contribution in [3.05, 3.63) is 67.0 Å². The van der Waals surface area contributed by atoms with E-state index in [4.69, 9.17) is 34.8 Å². The van der Waals surface area contributed by atoms with E-state index in [1.54, 1.807) is 4.90 Å². The smallest absolute Gasteiger partial charge is 0.223 e. The minimum Gasteiger partial charge on any atom is -0.352 e. The highest BCUT2D eigenvalue weighted by Crippen LogP contribution is 2.47. The summed E-state index contributed by atoms with van der Waals surface area (Å²) in [4.78, 5) is 25.5. The summed E-state index contributed by atoms with van der Waals surface area (Å²) < 4.78 is 16.1. The van der Waals surface area contributed by atoms with Crippen LogP contribution in [0.2, 0.25) is 15.1 Å². The Balaban J connectivity index is 1.59. The molecule has 1 saturated carbocycles. The number of nitrogens with zero attached hydrogens (tertiary/aromatic N) is 2. The van der Waals surface area contributed by atoms with E-state index < -0.39 is 11.8 Å². The number of rotatable bonds is 7. The lowest BCUT2D eigenvalue weighted by molar-refractivity contribution is -0.122. The molecular formula is C23H23Cl3FN3O2. The Hall–Kier alpha value is -1.89. The van der Waals surface area contributed by atoms with E-state index in [0.29, 0.717) is 18.8 Å². The van der Waals surface area contributed by atoms with E-state index in [1.165, 1.54) is 12.1 Å². The predicted molar refractivity (Wildman–Crippen MR) is 126 cm³/mol. The second-order valence-corrected chi connectivity index (χ2v) is 9.53. The fourth-order valence-electron chi connectivity index (χ4n) is 4.25. The predicted octanol–water partition coefficient (Wildman–Crippen LogP) is 6.40. The van der Waals surface area contributed by atoms with Gasteiger partial charge in [0.1, 0.15) is 0 Å². The fraction of sp³-hybridized carbons (Fsp3) is 0.435. The normalized spacial score (nSPS) is 22.8. The topological polar surface area (TPSA) is 61.8 Å². The second-order valence-electron chi connectivity index (χ2n) is 8.34. The molecule has 2 aromatic rings. The lowest BCUT2D eigenvalue weighted by atomic mass is 9.92. The van der Waals surface area contributed by atoms with Crippen molar-refractivity contribution in [2.24, 2.45) is 11.1 Å². The summed E-state index contributed by atoms with van der Waals surface area (Å²) in [5.41, 5.74) is 0.858. The lowest BCUT2D eigenvalue weighted by Crippen LogP contribution is -2.38. The summed E-state index contributed by atoms with van der Waals surface area (Å²) in [6.45, 7) is 2.76. The van der Waals surface area contributed by atoms with Crippen LogP contribution in [0.1, 0.15) is 42.9 Å². The highest BCUT2D eigenvalue weighted by molar-refractivity contribution is 6.48. The molecule has 2 aliphatic rings. The van der Waals surface area contributed by atoms with E-state index >= 15 is 4.39 Å². The van der Waals surface area contributed by atoms with Gasteiger partial charge in [0.15, 0.2) is 5.67 Å². The van der Waals surface area contributed by atoms with Crippen LogP contribution in [-0.2, 0) is 23.4 Å². The summed E-state index contributed by atoms with van der Waals surface area (Å²) in [5, 5.41) is 6.51. The van der Waals surface area contributed by atoms with Crippen molar-refractivity contribution >= 4 is 46.4 Å². The van der Waals surface area contributed by atoms with Crippen molar-refractivity contribution in [3.63, 3.8) is 0 Å². The number of amides is 1. The Morgan fingerprint density at radius 2 is 1.88 bits per heavy atom. The summed E-state index contributed by atoms with van der Waals surface area (Å²) in [6, 6.07) is 8.49. The Kier molecular flexibility index (Phi) is 6.66. The molecule has 2 aromatic carbocycles. The number of carbonyl (C=O) groups is 1. The molecule has 0 spiro atoms. The van der Waals surface area contributed by atoms with Crippen molar-refractivity contribution in [3.8, 4) is 0 Å². The van der Waals surface area contributed by atoms with Crippen LogP contribution in [0.5, 0.6) is 0 Å². The molecule has 2 fully saturated rings. The van der Waals surface area contributed by atoms with Crippen LogP contribution in [0.4, 0.5) is 10.1 Å². The molecule has 0 unspecified atom stereocenters. The van der Waals surface area contributed by atoms with Crippen LogP contribution in [0, 0.1) is 10.8 Å². The molecular weight excluding hydrogens is 476 g/mol. The molecule has 1 N–H and O–H groups in total. The SMILES string of the molecule is CCc1cc(N2CC[C@](F)(c3cc(Cl)c(Cl)c(Cl)c3)[C@@H]2N=O)ccc1CNC(=O)C1CC1. The summed E-state index contributed by atoms with van der Waals surface area (Å²) in [7, 11) is 0. The molecule has 9 heteroatoms. The second kappa shape index (κ2) is 9.16. The van der Waals surface area contributed by atoms with Crippen LogP contribution in [0.25, 0.3) is 0 Å². The Labute approximate surface area is 201 Å². The number of benzene rings is 2. The molecule has 32 heavy (non-hydrogen) atoms. The van der Waals surface area contributed by atoms with Crippen LogP contribution in [0.3, 0.4) is 0 Å². The minimum absolute atomic E-state index is 0.0539. The van der Waals surface area contributed by atoms with Gasteiger partial charge in [-0.15, -0.1) is 4.91 Å². The van der Waals surface area contributed by atoms with Gasteiger partial charge in [-0.25, -0.2) is 4.39 Å². The first-order valence-electron chi connectivity index (χ1n) is 10.6. The van der Waals surface area contributed by atoms with E-state index in [1.807, 2.05) is 25.1 Å². The zero-order valence-corrected chi connectivity index (χ0v) is 19.8. The molecule has 1 amide bonds. The van der Waals surface area contributed by atoms with E-state index in [-0.39, 0.29) is 38.9 Å². The van der Waals surface area contributed by atoms with Gasteiger partial charge in [0, 0.05) is 31.1 Å². The van der Waals surface area contributed by atoms with Crippen LogP contribution in [-0.4, -0.2) is 18.6 Å². The number of nitroso groups, excluding NO2 is 1. The molecule has 1 heterocycles. The average molecular weight is 499 g/mol. The maximum Gasteiger partial charge on any atom is 0.223 e. The molecule has 0 bridgehead atoms. The molecule has 4 rings (SSSR count). The van der Waals surface area contributed by atoms with Crippen molar-refractivity contribution < 1.29 is 9.18 Å². The molecule has 1 saturated heterocycles. The third kappa shape index (κ3) is 4.33. The number of nitrogens with one attached hydrogen (secondary N) is 1. The van der Waals surface area contributed by atoms with Crippen LogP contribution < -0.4 is 10.2 Å².